The summed E-state index contributed by atoms with van der Waals surface area (Å²) >= 11 is 23.1. The van der Waals surface area contributed by atoms with Crippen molar-refractivity contribution in [2.24, 2.45) is 5.10 Å². The molecule has 18 heavy (non-hydrogen) atoms. The van der Waals surface area contributed by atoms with Crippen molar-refractivity contribution in [1.82, 2.24) is 0 Å². The first-order chi connectivity index (χ1) is 8.45. The highest BCUT2D eigenvalue weighted by Crippen LogP contribution is 2.32. The number of nitrogens with one attached hydrogen (secondary N) is 1. The molecule has 1 aromatic carbocycles. The Kier molecular flexibility index (Phi) is 6.02. The van der Waals surface area contributed by atoms with Crippen LogP contribution in [0, 0.1) is 0 Å². The number of anilines is 1. The number of hydrogen-bond acceptors (Lipinski definition) is 4. The first kappa shape index (κ1) is 15.4. The Morgan fingerprint density at radius 2 is 1.89 bits per heavy atom. The molecule has 0 unspecified atom stereocenters. The van der Waals surface area contributed by atoms with Gasteiger partial charge in [0.15, 0.2) is 0 Å². The number of halogens is 4. The van der Waals surface area contributed by atoms with Crippen LogP contribution in [0.25, 0.3) is 0 Å². The molecule has 0 aromatic heterocycles. The summed E-state index contributed by atoms with van der Waals surface area (Å²) in [5, 5.41) is 4.17. The summed E-state index contributed by atoms with van der Waals surface area (Å²) in [6.07, 6.45) is 0. The standard InChI is InChI=1S/C10H8Cl4N2O2/c1-2-18-10(17)9(14)16-15-8-4-6(12)5(11)3-7(8)13/h3-4,15H,2H2,1H3. The normalized spacial score (nSPS) is 11.3. The largest absolute Gasteiger partial charge is 0.461 e. The number of rotatable bonds is 4. The number of hydrogen-bond donors (Lipinski definition) is 1. The molecule has 8 heteroatoms. The van der Waals surface area contributed by atoms with Gasteiger partial charge in [0, 0.05) is 0 Å². The smallest absolute Gasteiger partial charge is 0.370 e. The van der Waals surface area contributed by atoms with Gasteiger partial charge in [-0.05, 0) is 19.1 Å². The van der Waals surface area contributed by atoms with Crippen molar-refractivity contribution in [3.63, 3.8) is 0 Å². The summed E-state index contributed by atoms with van der Waals surface area (Å²) in [5.41, 5.74) is 2.87. The van der Waals surface area contributed by atoms with E-state index >= 15 is 0 Å². The number of carbonyl (C=O) groups excluding carboxylic acids is 1. The highest BCUT2D eigenvalue weighted by molar-refractivity contribution is 6.82. The number of nitrogens with zero attached hydrogens (tertiary/aromatic N) is 1. The van der Waals surface area contributed by atoms with Crippen molar-refractivity contribution >= 4 is 63.2 Å². The Bertz CT molecular complexity index is 491. The number of benzene rings is 1. The minimum atomic E-state index is -0.733. The van der Waals surface area contributed by atoms with Gasteiger partial charge in [-0.2, -0.15) is 5.10 Å². The maximum Gasteiger partial charge on any atom is 0.370 e. The molecular weight excluding hydrogens is 322 g/mol. The fourth-order valence-corrected chi connectivity index (χ4v) is 1.64. The number of ether oxygens (including phenoxy) is 1. The third-order valence-corrected chi connectivity index (χ3v) is 3.00. The van der Waals surface area contributed by atoms with E-state index in [1.807, 2.05) is 0 Å². The maximum atomic E-state index is 11.2. The molecule has 0 amide bonds. The Hall–Kier alpha value is -0.680. The number of esters is 1. The fraction of sp³-hybridized carbons (Fsp3) is 0.200. The molecule has 0 heterocycles. The molecule has 0 aliphatic rings. The summed E-state index contributed by atoms with van der Waals surface area (Å²) in [7, 11) is 0. The van der Waals surface area contributed by atoms with E-state index in [1.165, 1.54) is 12.1 Å². The fourth-order valence-electron chi connectivity index (χ4n) is 0.954. The summed E-state index contributed by atoms with van der Waals surface area (Å²) in [4.78, 5) is 11.2. The highest BCUT2D eigenvalue weighted by atomic mass is 35.5. The van der Waals surface area contributed by atoms with E-state index in [0.29, 0.717) is 20.8 Å². The highest BCUT2D eigenvalue weighted by Gasteiger charge is 2.10. The van der Waals surface area contributed by atoms with Gasteiger partial charge < -0.3 is 4.74 Å². The van der Waals surface area contributed by atoms with E-state index in [2.05, 4.69) is 15.3 Å². The lowest BCUT2D eigenvalue weighted by Crippen LogP contribution is -2.13. The Morgan fingerprint density at radius 3 is 2.50 bits per heavy atom. The molecule has 0 saturated carbocycles. The predicted octanol–water partition coefficient (Wildman–Crippen LogP) is 4.17. The van der Waals surface area contributed by atoms with Gasteiger partial charge in [-0.3, -0.25) is 5.43 Å². The predicted molar refractivity (Wildman–Crippen MR) is 75.0 cm³/mol. The van der Waals surface area contributed by atoms with Gasteiger partial charge >= 0.3 is 5.97 Å². The second-order valence-corrected chi connectivity index (χ2v) is 4.56. The van der Waals surface area contributed by atoms with Crippen molar-refractivity contribution in [1.29, 1.82) is 0 Å². The lowest BCUT2D eigenvalue weighted by molar-refractivity contribution is -0.134. The Labute approximate surface area is 124 Å². The molecule has 0 bridgehead atoms. The summed E-state index contributed by atoms with van der Waals surface area (Å²) < 4.78 is 4.64. The molecule has 98 valence electrons. The summed E-state index contributed by atoms with van der Waals surface area (Å²) in [5.74, 6) is -0.733. The number of carbonyl (C=O) groups is 1. The van der Waals surface area contributed by atoms with Crippen molar-refractivity contribution in [3.8, 4) is 0 Å². The molecule has 0 aliphatic heterocycles. The van der Waals surface area contributed by atoms with Crippen molar-refractivity contribution in [2.75, 3.05) is 12.0 Å². The Balaban J connectivity index is 2.83. The third kappa shape index (κ3) is 4.21. The van der Waals surface area contributed by atoms with Crippen molar-refractivity contribution < 1.29 is 9.53 Å². The zero-order valence-electron chi connectivity index (χ0n) is 9.14. The van der Waals surface area contributed by atoms with Gasteiger partial charge in [0.1, 0.15) is 0 Å². The molecule has 1 N–H and O–H groups in total. The van der Waals surface area contributed by atoms with Gasteiger partial charge in [-0.1, -0.05) is 46.4 Å². The number of hydrazone groups is 1. The second kappa shape index (κ2) is 7.04. The third-order valence-electron chi connectivity index (χ3n) is 1.73. The van der Waals surface area contributed by atoms with Crippen molar-refractivity contribution in [2.45, 2.75) is 6.92 Å². The average molecular weight is 330 g/mol. The first-order valence-electron chi connectivity index (χ1n) is 4.76. The average Bonchev–Trinajstić information content (AvgIpc) is 2.32. The molecule has 1 rings (SSSR count). The molecule has 0 saturated heterocycles. The van der Waals surface area contributed by atoms with E-state index in [-0.39, 0.29) is 11.8 Å². The van der Waals surface area contributed by atoms with Crippen LogP contribution in [0.3, 0.4) is 0 Å². The van der Waals surface area contributed by atoms with Crippen LogP contribution in [0.5, 0.6) is 0 Å². The lowest BCUT2D eigenvalue weighted by Gasteiger charge is -2.06. The van der Waals surface area contributed by atoms with Crippen LogP contribution in [0.2, 0.25) is 15.1 Å². The van der Waals surface area contributed by atoms with E-state index in [1.54, 1.807) is 6.92 Å². The molecule has 4 nitrogen and oxygen atoms in total. The van der Waals surface area contributed by atoms with Crippen LogP contribution in [0.1, 0.15) is 6.92 Å². The van der Waals surface area contributed by atoms with E-state index < -0.39 is 5.97 Å². The SMILES string of the molecule is CCOC(=O)C(Cl)=NNc1cc(Cl)c(Cl)cc1Cl. The van der Waals surface area contributed by atoms with Gasteiger partial charge in [0.2, 0.25) is 5.17 Å². The second-order valence-electron chi connectivity index (χ2n) is 2.98. The van der Waals surface area contributed by atoms with E-state index in [4.69, 9.17) is 46.4 Å². The van der Waals surface area contributed by atoms with Crippen LogP contribution in [-0.4, -0.2) is 17.7 Å². The van der Waals surface area contributed by atoms with Gasteiger partial charge in [-0.25, -0.2) is 4.79 Å². The van der Waals surface area contributed by atoms with E-state index in [0.717, 1.165) is 0 Å². The monoisotopic (exact) mass is 328 g/mol. The van der Waals surface area contributed by atoms with Crippen molar-refractivity contribution in [3.05, 3.63) is 27.2 Å². The van der Waals surface area contributed by atoms with Gasteiger partial charge in [0.25, 0.3) is 0 Å². The Morgan fingerprint density at radius 1 is 1.28 bits per heavy atom. The molecule has 0 radical (unpaired) electrons. The zero-order valence-corrected chi connectivity index (χ0v) is 12.2. The maximum absolute atomic E-state index is 11.2. The molecule has 0 aliphatic carbocycles. The minimum absolute atomic E-state index is 0.206. The lowest BCUT2D eigenvalue weighted by atomic mass is 10.3. The van der Waals surface area contributed by atoms with E-state index in [9.17, 15) is 4.79 Å². The first-order valence-corrected chi connectivity index (χ1v) is 6.27. The molecule has 0 atom stereocenters. The molecule has 1 aromatic rings. The van der Waals surface area contributed by atoms with Crippen LogP contribution in [0.4, 0.5) is 5.69 Å². The molecule has 0 spiro atoms. The van der Waals surface area contributed by atoms with Crippen LogP contribution in [0.15, 0.2) is 17.2 Å². The summed E-state index contributed by atoms with van der Waals surface area (Å²) in [6.45, 7) is 1.86. The van der Waals surface area contributed by atoms with Gasteiger partial charge in [0.05, 0.1) is 27.4 Å². The topological polar surface area (TPSA) is 50.7 Å². The minimum Gasteiger partial charge on any atom is -0.461 e. The zero-order chi connectivity index (χ0) is 13.7. The summed E-state index contributed by atoms with van der Waals surface area (Å²) in [6, 6.07) is 2.91. The van der Waals surface area contributed by atoms with Crippen LogP contribution < -0.4 is 5.43 Å². The van der Waals surface area contributed by atoms with Crippen LogP contribution in [-0.2, 0) is 9.53 Å². The van der Waals surface area contributed by atoms with Crippen LogP contribution >= 0.6 is 46.4 Å². The molecule has 0 fully saturated rings. The molecular formula is C10H8Cl4N2O2. The quantitative estimate of drug-likeness (QED) is 0.390. The van der Waals surface area contributed by atoms with Gasteiger partial charge in [-0.15, -0.1) is 0 Å².